The van der Waals surface area contributed by atoms with Crippen LogP contribution in [-0.2, 0) is 0 Å². The van der Waals surface area contributed by atoms with Crippen LogP contribution in [0.3, 0.4) is 0 Å². The lowest BCUT2D eigenvalue weighted by atomic mass is 10.3. The Kier molecular flexibility index (Phi) is 3.64. The van der Waals surface area contributed by atoms with Crippen LogP contribution in [0.4, 0.5) is 8.96 Å². The molecule has 0 aliphatic carbocycles. The highest BCUT2D eigenvalue weighted by molar-refractivity contribution is 4.40. The van der Waals surface area contributed by atoms with E-state index in [1.54, 1.807) is 6.92 Å². The summed E-state index contributed by atoms with van der Waals surface area (Å²) < 4.78 is 22.4. The van der Waals surface area contributed by atoms with Crippen LogP contribution in [0, 0.1) is 0 Å². The molecule has 0 aliphatic rings. The van der Waals surface area contributed by atoms with Gasteiger partial charge in [0.2, 0.25) is 0 Å². The third-order valence-corrected chi connectivity index (χ3v) is 0.772. The van der Waals surface area contributed by atoms with E-state index in [0.29, 0.717) is 6.42 Å². The smallest absolute Gasteiger partial charge is 0.167 e. The Balaban J connectivity index is 3.17. The topological polar surface area (TPSA) is 23.5 Å². The lowest BCUT2D eigenvalue weighted by Crippen LogP contribution is -2.19. The van der Waals surface area contributed by atoms with Crippen LogP contribution in [0.15, 0.2) is 0 Å². The second-order valence-corrected chi connectivity index (χ2v) is 1.53. The van der Waals surface area contributed by atoms with Crippen LogP contribution >= 0.6 is 0 Å². The van der Waals surface area contributed by atoms with Crippen molar-refractivity contribution in [2.75, 3.05) is 0 Å². The average Bonchev–Trinajstić information content (AvgIpc) is 1.67. The molecule has 0 saturated heterocycles. The Hall–Kier alpha value is -0.220. The Labute approximate surface area is 46.6 Å². The third kappa shape index (κ3) is 2.87. The number of hydrogen-bond donors (Lipinski definition) is 1. The fourth-order valence-electron chi connectivity index (χ4n) is 0.356. The summed E-state index contributed by atoms with van der Waals surface area (Å²) in [5, 5.41) is 7.11. The van der Waals surface area contributed by atoms with Crippen molar-refractivity contribution in [3.63, 3.8) is 0 Å². The summed E-state index contributed by atoms with van der Waals surface area (Å²) >= 11 is 0. The normalized spacial score (nSPS) is 14.6. The van der Waals surface area contributed by atoms with E-state index < -0.39 is 11.6 Å². The van der Waals surface area contributed by atoms with Gasteiger partial charge in [0.1, 0.15) is 0 Å². The van der Waals surface area contributed by atoms with Gasteiger partial charge in [-0.3, -0.25) is 0 Å². The molecular formula is C4H9F2NO. The molecule has 0 amide bonds. The Bertz CT molecular complexity index is 60.0. The first-order chi connectivity index (χ1) is 3.68. The number of nitrogens with zero attached hydrogens (tertiary/aromatic N) is 1. The predicted molar refractivity (Wildman–Crippen MR) is 25.0 cm³/mol. The van der Waals surface area contributed by atoms with E-state index in [4.69, 9.17) is 5.11 Å². The minimum Gasteiger partial charge on any atom is -0.373 e. The van der Waals surface area contributed by atoms with Gasteiger partial charge in [0.05, 0.1) is 0 Å². The van der Waals surface area contributed by atoms with E-state index in [2.05, 4.69) is 0 Å². The second kappa shape index (κ2) is 3.74. The van der Waals surface area contributed by atoms with E-state index in [-0.39, 0.29) is 6.42 Å². The molecule has 1 N–H and O–H groups in total. The Morgan fingerprint density at radius 3 is 2.25 bits per heavy atom. The molecule has 50 valence electrons. The van der Waals surface area contributed by atoms with Gasteiger partial charge in [0, 0.05) is 5.34 Å². The van der Waals surface area contributed by atoms with Gasteiger partial charge in [-0.15, -0.1) is 0 Å². The van der Waals surface area contributed by atoms with Gasteiger partial charge >= 0.3 is 0 Å². The molecule has 0 aromatic rings. The molecule has 8 heavy (non-hydrogen) atoms. The summed E-state index contributed by atoms with van der Waals surface area (Å²) in [6.07, 6.45) is -0.904. The van der Waals surface area contributed by atoms with Gasteiger partial charge in [-0.05, 0) is 6.42 Å². The predicted octanol–water partition coefficient (Wildman–Crippen LogP) is 1.18. The largest absolute Gasteiger partial charge is 0.373 e. The van der Waals surface area contributed by atoms with Crippen molar-refractivity contribution >= 4 is 0 Å². The molecule has 0 spiro atoms. The highest BCUT2D eigenvalue weighted by Gasteiger charge is 2.11. The molecule has 0 fully saturated rings. The van der Waals surface area contributed by atoms with Crippen molar-refractivity contribution in [1.82, 2.24) is 5.34 Å². The fraction of sp³-hybridized carbons (Fsp3) is 1.00. The maximum atomic E-state index is 11.2. The van der Waals surface area contributed by atoms with Crippen molar-refractivity contribution in [3.8, 4) is 0 Å². The van der Waals surface area contributed by atoms with Crippen LogP contribution in [0.1, 0.15) is 19.8 Å². The van der Waals surface area contributed by atoms with E-state index in [0.717, 1.165) is 0 Å². The molecule has 0 aromatic carbocycles. The number of halogens is 2. The van der Waals surface area contributed by atoms with Crippen molar-refractivity contribution in [2.24, 2.45) is 0 Å². The molecule has 0 aliphatic heterocycles. The molecule has 0 aromatic heterocycles. The summed E-state index contributed by atoms with van der Waals surface area (Å²) in [6, 6.07) is 0. The zero-order valence-corrected chi connectivity index (χ0v) is 4.64. The molecule has 0 saturated carbocycles. The van der Waals surface area contributed by atoms with E-state index in [1.165, 1.54) is 0 Å². The maximum Gasteiger partial charge on any atom is 0.167 e. The lowest BCUT2D eigenvalue weighted by Gasteiger charge is -2.06. The van der Waals surface area contributed by atoms with Crippen molar-refractivity contribution < 1.29 is 14.1 Å². The number of hydrogen-bond acceptors (Lipinski definition) is 2. The first kappa shape index (κ1) is 7.78. The average molecular weight is 125 g/mol. The summed E-state index contributed by atoms with van der Waals surface area (Å²) in [5.74, 6) is 0. The van der Waals surface area contributed by atoms with E-state index in [1.807, 2.05) is 0 Å². The lowest BCUT2D eigenvalue weighted by molar-refractivity contribution is -0.249. The summed E-state index contributed by atoms with van der Waals surface area (Å²) in [6.45, 7) is 1.73. The molecule has 1 unspecified atom stereocenters. The maximum absolute atomic E-state index is 11.2. The highest BCUT2D eigenvalue weighted by atomic mass is 19.4. The van der Waals surface area contributed by atoms with Crippen molar-refractivity contribution in [1.29, 1.82) is 0 Å². The Morgan fingerprint density at radius 2 is 2.12 bits per heavy atom. The van der Waals surface area contributed by atoms with Crippen LogP contribution in [0.5, 0.6) is 0 Å². The molecular weight excluding hydrogens is 116 g/mol. The molecule has 4 heteroatoms. The highest BCUT2D eigenvalue weighted by Crippen LogP contribution is 2.03. The third-order valence-electron chi connectivity index (χ3n) is 0.772. The summed E-state index contributed by atoms with van der Waals surface area (Å²) in [7, 11) is 0. The van der Waals surface area contributed by atoms with Crippen molar-refractivity contribution in [3.05, 3.63) is 0 Å². The van der Waals surface area contributed by atoms with Crippen LogP contribution in [0.2, 0.25) is 0 Å². The minimum absolute atomic E-state index is 0.118. The van der Waals surface area contributed by atoms with Gasteiger partial charge in [-0.1, -0.05) is 22.3 Å². The standard InChI is InChI=1S/C4H9F2NO/c1-2-3-4(8)7(5)6/h4,8H,2-3H2,1H3. The van der Waals surface area contributed by atoms with Gasteiger partial charge in [-0.2, -0.15) is 0 Å². The second-order valence-electron chi connectivity index (χ2n) is 1.53. The van der Waals surface area contributed by atoms with Gasteiger partial charge in [0.25, 0.3) is 0 Å². The zero-order valence-electron chi connectivity index (χ0n) is 4.64. The molecule has 1 atom stereocenters. The van der Waals surface area contributed by atoms with Gasteiger partial charge in [-0.25, -0.2) is 0 Å². The minimum atomic E-state index is -1.58. The molecule has 0 rings (SSSR count). The van der Waals surface area contributed by atoms with Crippen molar-refractivity contribution in [2.45, 2.75) is 26.0 Å². The molecule has 0 radical (unpaired) electrons. The monoisotopic (exact) mass is 125 g/mol. The molecule has 0 heterocycles. The number of aliphatic hydroxyl groups is 1. The number of rotatable bonds is 3. The first-order valence-electron chi connectivity index (χ1n) is 2.47. The SMILES string of the molecule is CCCC(O)N(F)F. The number of aliphatic hydroxyl groups excluding tert-OH is 1. The van der Waals surface area contributed by atoms with Crippen LogP contribution in [0.25, 0.3) is 0 Å². The quantitative estimate of drug-likeness (QED) is 0.452. The first-order valence-corrected chi connectivity index (χ1v) is 2.47. The van der Waals surface area contributed by atoms with E-state index in [9.17, 15) is 8.96 Å². The van der Waals surface area contributed by atoms with Crippen LogP contribution < -0.4 is 0 Å². The van der Waals surface area contributed by atoms with Gasteiger partial charge < -0.3 is 5.11 Å². The molecule has 2 nitrogen and oxygen atoms in total. The summed E-state index contributed by atoms with van der Waals surface area (Å²) in [4.78, 5) is 0. The molecule has 0 bridgehead atoms. The zero-order chi connectivity index (χ0) is 6.57. The van der Waals surface area contributed by atoms with E-state index >= 15 is 0 Å². The van der Waals surface area contributed by atoms with Gasteiger partial charge in [0.15, 0.2) is 6.23 Å². The van der Waals surface area contributed by atoms with Crippen LogP contribution in [-0.4, -0.2) is 16.7 Å². The Morgan fingerprint density at radius 1 is 1.62 bits per heavy atom. The fourth-order valence-corrected chi connectivity index (χ4v) is 0.356. The summed E-state index contributed by atoms with van der Waals surface area (Å²) in [5.41, 5.74) is 0.